The molecule has 0 saturated heterocycles. The molecule has 8 bridgehead atoms. The SMILES string of the molecule is CN(C)c1ccc(C(=C(C#N)C#N)C(=C(C#N)C#N)c2ccc(-c3c4nc(c(-c5ccc(C(C)(C)C)cc5C(C)(C)C)c5ccc([nH]5)c(-c5ccc(C(C)(C)C)cc5C(C)(C)C)c5nc(c(-c6ccc(C(C)(C)C)cc6C(C)(C)C)c6ccc3[nH]6)C=C5)C=C4)cc2)cc1. The molecule has 0 saturated carbocycles. The smallest absolute Gasteiger partial charge is 0.138 e. The van der Waals surface area contributed by atoms with Gasteiger partial charge in [0.05, 0.1) is 22.8 Å². The lowest BCUT2D eigenvalue weighted by molar-refractivity contribution is 0.569. The van der Waals surface area contributed by atoms with Crippen molar-refractivity contribution in [3.63, 3.8) is 0 Å². The number of nitrogens with one attached hydrogen (secondary N) is 2. The molecule has 9 nitrogen and oxygen atoms in total. The molecule has 2 aliphatic heterocycles. The summed E-state index contributed by atoms with van der Waals surface area (Å²) in [7, 11) is 3.85. The summed E-state index contributed by atoms with van der Waals surface area (Å²) >= 11 is 0. The molecule has 0 atom stereocenters. The lowest BCUT2D eigenvalue weighted by Crippen LogP contribution is -2.17. The number of aromatic amines is 2. The number of allylic oxidation sites excluding steroid dienone is 4. The van der Waals surface area contributed by atoms with Crippen LogP contribution in [0, 0.1) is 45.3 Å². The van der Waals surface area contributed by atoms with Gasteiger partial charge >= 0.3 is 0 Å². The third-order valence-electron chi connectivity index (χ3n) is 18.0. The summed E-state index contributed by atoms with van der Waals surface area (Å²) in [6, 6.07) is 53.0. The van der Waals surface area contributed by atoms with Crippen molar-refractivity contribution in [1.82, 2.24) is 19.9 Å². The Labute approximate surface area is 551 Å². The molecule has 0 radical (unpaired) electrons. The molecule has 2 aliphatic rings. The summed E-state index contributed by atoms with van der Waals surface area (Å²) in [5, 5.41) is 42.4. The van der Waals surface area contributed by atoms with E-state index >= 15 is 0 Å². The second-order valence-electron chi connectivity index (χ2n) is 31.2. The molecule has 0 unspecified atom stereocenters. The van der Waals surface area contributed by atoms with Gasteiger partial charge in [-0.2, -0.15) is 21.0 Å². The zero-order chi connectivity index (χ0) is 67.7. The lowest BCUT2D eigenvalue weighted by Gasteiger charge is -2.28. The van der Waals surface area contributed by atoms with Gasteiger partial charge in [-0.15, -0.1) is 0 Å². The van der Waals surface area contributed by atoms with E-state index in [0.717, 1.165) is 89.3 Å². The van der Waals surface area contributed by atoms with E-state index in [1.807, 2.05) is 67.5 Å². The molecule has 2 N–H and O–H groups in total. The quantitative estimate of drug-likeness (QED) is 0.113. The fraction of sp³-hybridized carbons (Fsp3) is 0.310. The van der Waals surface area contributed by atoms with Crippen molar-refractivity contribution in [1.29, 1.82) is 21.0 Å². The van der Waals surface area contributed by atoms with Gasteiger partial charge in [0.15, 0.2) is 0 Å². The van der Waals surface area contributed by atoms with E-state index in [9.17, 15) is 21.0 Å². The van der Waals surface area contributed by atoms with Crippen LogP contribution in [0.25, 0.3) is 102 Å². The standard InChI is InChI=1S/C84H87N9/c1-79(2,3)55-27-32-59(62(43-55)82(10,11)12)76-67-37-35-65(89-67)75(52-23-21-50(22-24-52)73(53(46-85)47-86)74(54(48-87)49-88)51-25-30-58(31-26-51)93(19)20)66-36-38-68(90-66)77(60-33-28-56(80(4,5)6)44-63(60)83(13,14)15)70-40-42-72(92-70)78(71-41-39-69(76)91-71)61-34-29-57(81(7,8)9)45-64(61)84(16,17)18/h21-45,89,92H,1-20H3. The minimum Gasteiger partial charge on any atom is -0.378 e. The number of hydrogen-bond donors (Lipinski definition) is 2. The number of aromatic nitrogens is 4. The molecule has 8 aromatic rings. The van der Waals surface area contributed by atoms with Gasteiger partial charge in [-0.05, 0) is 160 Å². The van der Waals surface area contributed by atoms with E-state index in [1.165, 1.54) is 33.4 Å². The Hall–Kier alpha value is -10.1. The summed E-state index contributed by atoms with van der Waals surface area (Å²) < 4.78 is 0. The molecule has 0 amide bonds. The molecule has 3 aromatic heterocycles. The Morgan fingerprint density at radius 1 is 0.344 bits per heavy atom. The lowest BCUT2D eigenvalue weighted by atomic mass is 9.77. The molecule has 10 rings (SSSR count). The van der Waals surface area contributed by atoms with Crippen LogP contribution in [0.5, 0.6) is 0 Å². The number of nitriles is 4. The van der Waals surface area contributed by atoms with Crippen LogP contribution in [0.15, 0.2) is 139 Å². The maximum absolute atomic E-state index is 10.7. The van der Waals surface area contributed by atoms with Gasteiger partial charge in [0.25, 0.3) is 0 Å². The predicted molar refractivity (Wildman–Crippen MR) is 390 cm³/mol. The Bertz CT molecular complexity index is 4710. The van der Waals surface area contributed by atoms with Crippen molar-refractivity contribution in [3.05, 3.63) is 206 Å². The summed E-state index contributed by atoms with van der Waals surface area (Å²) in [5.41, 5.74) is 22.4. The monoisotopic (exact) mass is 1220 g/mol. The fourth-order valence-electron chi connectivity index (χ4n) is 12.7. The van der Waals surface area contributed by atoms with Crippen LogP contribution in [-0.4, -0.2) is 34.0 Å². The second-order valence-corrected chi connectivity index (χ2v) is 31.2. The van der Waals surface area contributed by atoms with Crippen LogP contribution in [-0.2, 0) is 32.5 Å². The van der Waals surface area contributed by atoms with Gasteiger partial charge in [0, 0.05) is 75.2 Å². The van der Waals surface area contributed by atoms with E-state index in [2.05, 4.69) is 262 Å². The van der Waals surface area contributed by atoms with Crippen molar-refractivity contribution in [2.24, 2.45) is 0 Å². The highest BCUT2D eigenvalue weighted by Gasteiger charge is 2.31. The van der Waals surface area contributed by atoms with Gasteiger partial charge in [0.1, 0.15) is 35.4 Å². The highest BCUT2D eigenvalue weighted by atomic mass is 15.1. The molecule has 468 valence electrons. The van der Waals surface area contributed by atoms with Crippen LogP contribution < -0.4 is 4.90 Å². The molecule has 93 heavy (non-hydrogen) atoms. The third kappa shape index (κ3) is 13.0. The first kappa shape index (κ1) is 65.9. The first-order valence-corrected chi connectivity index (χ1v) is 32.2. The molecule has 0 fully saturated rings. The minimum absolute atomic E-state index is 0.0890. The van der Waals surface area contributed by atoms with Gasteiger partial charge in [0.2, 0.25) is 0 Å². The summed E-state index contributed by atoms with van der Waals surface area (Å²) in [4.78, 5) is 21.6. The first-order chi connectivity index (χ1) is 43.5. The Kier molecular flexibility index (Phi) is 17.1. The number of rotatable bonds is 8. The number of fused-ring (bicyclic) bond motifs is 8. The van der Waals surface area contributed by atoms with Crippen LogP contribution >= 0.6 is 0 Å². The van der Waals surface area contributed by atoms with E-state index in [1.54, 1.807) is 0 Å². The number of benzene rings is 5. The largest absolute Gasteiger partial charge is 0.378 e. The minimum atomic E-state index is -0.281. The number of hydrogen-bond acceptors (Lipinski definition) is 7. The third-order valence-corrected chi connectivity index (χ3v) is 18.0. The van der Waals surface area contributed by atoms with Crippen molar-refractivity contribution in [2.45, 2.75) is 157 Å². The molecule has 5 aromatic carbocycles. The average molecular weight is 1220 g/mol. The fourth-order valence-corrected chi connectivity index (χ4v) is 12.7. The van der Waals surface area contributed by atoms with Crippen LogP contribution in [0.4, 0.5) is 5.69 Å². The maximum Gasteiger partial charge on any atom is 0.138 e. The molecular formula is C84H87N9. The number of nitrogens with zero attached hydrogens (tertiary/aromatic N) is 7. The summed E-state index contributed by atoms with van der Waals surface area (Å²) in [5.74, 6) is 0. The molecule has 0 spiro atoms. The van der Waals surface area contributed by atoms with Crippen LogP contribution in [0.2, 0.25) is 0 Å². The van der Waals surface area contributed by atoms with E-state index in [0.29, 0.717) is 16.8 Å². The molecular weight excluding hydrogens is 1130 g/mol. The normalized spacial score (nSPS) is 12.6. The highest BCUT2D eigenvalue weighted by molar-refractivity contribution is 6.11. The zero-order valence-corrected chi connectivity index (χ0v) is 58.1. The molecule has 0 aliphatic carbocycles. The van der Waals surface area contributed by atoms with E-state index < -0.39 is 0 Å². The van der Waals surface area contributed by atoms with Crippen molar-refractivity contribution < 1.29 is 0 Å². The van der Waals surface area contributed by atoms with Crippen molar-refractivity contribution in [3.8, 4) is 68.8 Å². The van der Waals surface area contributed by atoms with Gasteiger partial charge in [-0.25, -0.2) is 9.97 Å². The molecule has 9 heteroatoms. The summed E-state index contributed by atoms with van der Waals surface area (Å²) in [6.45, 7) is 41.0. The van der Waals surface area contributed by atoms with E-state index in [4.69, 9.17) is 9.97 Å². The Balaban J connectivity index is 1.39. The van der Waals surface area contributed by atoms with E-state index in [-0.39, 0.29) is 54.8 Å². The highest BCUT2D eigenvalue weighted by Crippen LogP contribution is 2.47. The van der Waals surface area contributed by atoms with Crippen molar-refractivity contribution >= 4 is 63.2 Å². The first-order valence-electron chi connectivity index (χ1n) is 32.2. The average Bonchev–Trinajstić information content (AvgIpc) is 1.68. The van der Waals surface area contributed by atoms with Gasteiger partial charge in [-0.1, -0.05) is 216 Å². The van der Waals surface area contributed by atoms with Gasteiger partial charge in [-0.3, -0.25) is 0 Å². The topological polar surface area (TPSA) is 156 Å². The number of H-pyrrole nitrogens is 2. The Morgan fingerprint density at radius 2 is 0.624 bits per heavy atom. The summed E-state index contributed by atoms with van der Waals surface area (Å²) in [6.07, 6.45) is 8.60. The van der Waals surface area contributed by atoms with Crippen molar-refractivity contribution in [2.75, 3.05) is 19.0 Å². The maximum atomic E-state index is 10.7. The zero-order valence-electron chi connectivity index (χ0n) is 58.1. The second kappa shape index (κ2) is 24.2. The van der Waals surface area contributed by atoms with Gasteiger partial charge < -0.3 is 14.9 Å². The number of anilines is 1. The molecule has 5 heterocycles. The predicted octanol–water partition coefficient (Wildman–Crippen LogP) is 21.5. The van der Waals surface area contributed by atoms with Crippen LogP contribution in [0.1, 0.15) is 192 Å². The Morgan fingerprint density at radius 3 is 0.892 bits per heavy atom. The van der Waals surface area contributed by atoms with Crippen LogP contribution in [0.3, 0.4) is 0 Å².